The summed E-state index contributed by atoms with van der Waals surface area (Å²) in [7, 11) is 0. The Morgan fingerprint density at radius 1 is 1.29 bits per heavy atom. The second-order valence-electron chi connectivity index (χ2n) is 6.62. The molecule has 4 rings (SSSR count). The first-order chi connectivity index (χ1) is 11.7. The van der Waals surface area contributed by atoms with Crippen molar-refractivity contribution in [3.05, 3.63) is 29.3 Å². The maximum atomic E-state index is 9.43. The van der Waals surface area contributed by atoms with Crippen molar-refractivity contribution >= 4 is 11.3 Å². The maximum Gasteiger partial charge on any atom is 0.231 e. The molecule has 1 N–H and O–H groups in total. The van der Waals surface area contributed by atoms with Gasteiger partial charge in [0.1, 0.15) is 5.01 Å². The highest BCUT2D eigenvalue weighted by Crippen LogP contribution is 2.37. The van der Waals surface area contributed by atoms with Crippen LogP contribution >= 0.6 is 11.3 Å². The molecule has 1 aromatic carbocycles. The lowest BCUT2D eigenvalue weighted by Gasteiger charge is -2.36. The number of aromatic nitrogens is 1. The van der Waals surface area contributed by atoms with Crippen molar-refractivity contribution in [1.82, 2.24) is 9.88 Å². The molecular formula is C18H22N2O3S. The van der Waals surface area contributed by atoms with E-state index in [0.29, 0.717) is 18.8 Å². The van der Waals surface area contributed by atoms with Crippen molar-refractivity contribution in [2.45, 2.75) is 32.4 Å². The number of hydrogen-bond donors (Lipinski definition) is 1. The summed E-state index contributed by atoms with van der Waals surface area (Å²) in [6, 6.07) is 6.51. The number of aliphatic hydroxyl groups excluding tert-OH is 1. The van der Waals surface area contributed by atoms with E-state index in [2.05, 4.69) is 17.2 Å². The fourth-order valence-corrected chi connectivity index (χ4v) is 4.19. The van der Waals surface area contributed by atoms with Gasteiger partial charge in [0.15, 0.2) is 11.5 Å². The molecule has 0 aliphatic carbocycles. The maximum absolute atomic E-state index is 9.43. The van der Waals surface area contributed by atoms with E-state index in [-0.39, 0.29) is 6.61 Å². The van der Waals surface area contributed by atoms with Crippen molar-refractivity contribution in [3.63, 3.8) is 0 Å². The molecule has 2 aliphatic heterocycles. The van der Waals surface area contributed by atoms with E-state index in [1.54, 1.807) is 11.3 Å². The standard InChI is InChI=1S/C18H22N2O3S/c1-12-2-3-13(9-21)7-20(12)8-15-10-24-18(19-15)14-4-5-16-17(6-14)23-11-22-16/h4-6,10,12-13,21H,2-3,7-9,11H2,1H3. The number of ether oxygens (including phenoxy) is 2. The van der Waals surface area contributed by atoms with Gasteiger partial charge in [0, 0.05) is 36.7 Å². The van der Waals surface area contributed by atoms with E-state index < -0.39 is 0 Å². The Morgan fingerprint density at radius 3 is 3.04 bits per heavy atom. The molecular weight excluding hydrogens is 324 g/mol. The number of fused-ring (bicyclic) bond motifs is 1. The zero-order valence-electron chi connectivity index (χ0n) is 13.8. The summed E-state index contributed by atoms with van der Waals surface area (Å²) < 4.78 is 10.8. The van der Waals surface area contributed by atoms with Crippen LogP contribution in [0.25, 0.3) is 10.6 Å². The van der Waals surface area contributed by atoms with Gasteiger partial charge in [-0.3, -0.25) is 4.90 Å². The van der Waals surface area contributed by atoms with Crippen LogP contribution in [-0.2, 0) is 6.54 Å². The third-order valence-corrected chi connectivity index (χ3v) is 5.84. The van der Waals surface area contributed by atoms with Crippen LogP contribution < -0.4 is 9.47 Å². The number of hydrogen-bond acceptors (Lipinski definition) is 6. The zero-order chi connectivity index (χ0) is 16.5. The average Bonchev–Trinajstić information content (AvgIpc) is 3.25. The summed E-state index contributed by atoms with van der Waals surface area (Å²) in [6.07, 6.45) is 2.26. The second kappa shape index (κ2) is 6.70. The monoisotopic (exact) mass is 346 g/mol. The molecule has 1 aromatic heterocycles. The van der Waals surface area contributed by atoms with Crippen molar-refractivity contribution < 1.29 is 14.6 Å². The van der Waals surface area contributed by atoms with Gasteiger partial charge in [0.2, 0.25) is 6.79 Å². The number of nitrogens with zero attached hydrogens (tertiary/aromatic N) is 2. The topological polar surface area (TPSA) is 54.8 Å². The Hall–Kier alpha value is -1.63. The molecule has 2 aliphatic rings. The van der Waals surface area contributed by atoms with Crippen LogP contribution in [0.15, 0.2) is 23.6 Å². The highest BCUT2D eigenvalue weighted by molar-refractivity contribution is 7.13. The Kier molecular flexibility index (Phi) is 4.43. The first kappa shape index (κ1) is 15.9. The van der Waals surface area contributed by atoms with Crippen molar-refractivity contribution in [1.29, 1.82) is 0 Å². The Balaban J connectivity index is 1.48. The minimum Gasteiger partial charge on any atom is -0.454 e. The molecule has 1 fully saturated rings. The highest BCUT2D eigenvalue weighted by Gasteiger charge is 2.25. The SMILES string of the molecule is CC1CCC(CO)CN1Cc1csc(-c2ccc3c(c2)OCO3)n1. The molecule has 5 nitrogen and oxygen atoms in total. The highest BCUT2D eigenvalue weighted by atomic mass is 32.1. The Bertz CT molecular complexity index is 718. The summed E-state index contributed by atoms with van der Waals surface area (Å²) in [5.74, 6) is 1.99. The van der Waals surface area contributed by atoms with E-state index in [1.165, 1.54) is 0 Å². The fourth-order valence-electron chi connectivity index (χ4n) is 3.38. The second-order valence-corrected chi connectivity index (χ2v) is 7.47. The van der Waals surface area contributed by atoms with Crippen LogP contribution in [0.4, 0.5) is 0 Å². The molecule has 2 aromatic rings. The van der Waals surface area contributed by atoms with Gasteiger partial charge in [0.05, 0.1) is 5.69 Å². The molecule has 128 valence electrons. The van der Waals surface area contributed by atoms with Crippen molar-refractivity contribution in [2.75, 3.05) is 19.9 Å². The summed E-state index contributed by atoms with van der Waals surface area (Å²) in [5.41, 5.74) is 2.16. The van der Waals surface area contributed by atoms with Gasteiger partial charge in [-0.1, -0.05) is 0 Å². The smallest absolute Gasteiger partial charge is 0.231 e. The Morgan fingerprint density at radius 2 is 2.17 bits per heavy atom. The molecule has 0 radical (unpaired) electrons. The largest absolute Gasteiger partial charge is 0.454 e. The predicted molar refractivity (Wildman–Crippen MR) is 93.4 cm³/mol. The molecule has 0 saturated carbocycles. The number of rotatable bonds is 4. The van der Waals surface area contributed by atoms with Crippen LogP contribution in [0.1, 0.15) is 25.5 Å². The first-order valence-corrected chi connectivity index (χ1v) is 9.30. The molecule has 0 amide bonds. The van der Waals surface area contributed by atoms with Gasteiger partial charge in [-0.2, -0.15) is 0 Å². The van der Waals surface area contributed by atoms with Gasteiger partial charge in [0.25, 0.3) is 0 Å². The van der Waals surface area contributed by atoms with E-state index in [4.69, 9.17) is 14.5 Å². The fraction of sp³-hybridized carbons (Fsp3) is 0.500. The number of piperidine rings is 1. The molecule has 1 saturated heterocycles. The van der Waals surface area contributed by atoms with Crippen molar-refractivity contribution in [2.24, 2.45) is 5.92 Å². The minimum absolute atomic E-state index is 0.280. The number of thiazole rings is 1. The number of likely N-dealkylation sites (tertiary alicyclic amines) is 1. The summed E-state index contributed by atoms with van der Waals surface area (Å²) >= 11 is 1.66. The van der Waals surface area contributed by atoms with E-state index >= 15 is 0 Å². The minimum atomic E-state index is 0.280. The third-order valence-electron chi connectivity index (χ3n) is 4.90. The summed E-state index contributed by atoms with van der Waals surface area (Å²) in [5, 5.41) is 12.6. The number of benzene rings is 1. The molecule has 2 atom stereocenters. The summed E-state index contributed by atoms with van der Waals surface area (Å²) in [4.78, 5) is 7.24. The van der Waals surface area contributed by atoms with E-state index in [9.17, 15) is 5.11 Å². The summed E-state index contributed by atoms with van der Waals surface area (Å²) in [6.45, 7) is 4.63. The van der Waals surface area contributed by atoms with Gasteiger partial charge < -0.3 is 14.6 Å². The molecule has 6 heteroatoms. The van der Waals surface area contributed by atoms with Gasteiger partial charge in [-0.15, -0.1) is 11.3 Å². The van der Waals surface area contributed by atoms with Gasteiger partial charge in [-0.05, 0) is 43.9 Å². The Labute approximate surface area is 145 Å². The molecule has 24 heavy (non-hydrogen) atoms. The predicted octanol–water partition coefficient (Wildman–Crippen LogP) is 3.13. The average molecular weight is 346 g/mol. The zero-order valence-corrected chi connectivity index (χ0v) is 14.6. The van der Waals surface area contributed by atoms with Crippen LogP contribution in [0.2, 0.25) is 0 Å². The third kappa shape index (κ3) is 3.14. The lowest BCUT2D eigenvalue weighted by atomic mass is 9.94. The van der Waals surface area contributed by atoms with Crippen LogP contribution in [-0.4, -0.2) is 41.0 Å². The molecule has 0 spiro atoms. The first-order valence-electron chi connectivity index (χ1n) is 8.42. The van der Waals surface area contributed by atoms with Crippen molar-refractivity contribution in [3.8, 4) is 22.1 Å². The van der Waals surface area contributed by atoms with Crippen LogP contribution in [0, 0.1) is 5.92 Å². The number of aliphatic hydroxyl groups is 1. The normalized spacial score (nSPS) is 23.6. The molecule has 0 bridgehead atoms. The van der Waals surface area contributed by atoms with Gasteiger partial charge in [-0.25, -0.2) is 4.98 Å². The molecule has 2 unspecified atom stereocenters. The van der Waals surface area contributed by atoms with Gasteiger partial charge >= 0.3 is 0 Å². The quantitative estimate of drug-likeness (QED) is 0.922. The van der Waals surface area contributed by atoms with E-state index in [0.717, 1.165) is 53.7 Å². The van der Waals surface area contributed by atoms with Crippen LogP contribution in [0.5, 0.6) is 11.5 Å². The van der Waals surface area contributed by atoms with E-state index in [1.807, 2.05) is 18.2 Å². The lowest BCUT2D eigenvalue weighted by molar-refractivity contribution is 0.0763. The lowest BCUT2D eigenvalue weighted by Crippen LogP contribution is -2.42. The molecule has 3 heterocycles. The van der Waals surface area contributed by atoms with Crippen LogP contribution in [0.3, 0.4) is 0 Å².